The van der Waals surface area contributed by atoms with Crippen molar-refractivity contribution in [3.8, 4) is 11.9 Å². The summed E-state index contributed by atoms with van der Waals surface area (Å²) in [6.45, 7) is 2.77. The standard InChI is InChI=1S/C17H20N6O/c1-3-24-17-11(9-18)12(19)8-15(22-17)20-10-16-21-13-6-4-5-7-14(13)23(16)2/h5,7-8H,3-4,6,10H2,1-2H3,(H3,19,20,22). The second-order valence-corrected chi connectivity index (χ2v) is 5.54. The number of hydrogen-bond acceptors (Lipinski definition) is 6. The number of fused-ring (bicyclic) bond motifs is 1. The molecule has 2 heterocycles. The molecule has 3 rings (SSSR count). The van der Waals surface area contributed by atoms with Gasteiger partial charge in [0.05, 0.1) is 30.2 Å². The second kappa shape index (κ2) is 6.62. The summed E-state index contributed by atoms with van der Waals surface area (Å²) in [5, 5.41) is 12.4. The van der Waals surface area contributed by atoms with Crippen LogP contribution < -0.4 is 15.8 Å². The van der Waals surface area contributed by atoms with Gasteiger partial charge in [0.15, 0.2) is 0 Å². The van der Waals surface area contributed by atoms with Crippen molar-refractivity contribution in [3.63, 3.8) is 0 Å². The number of nitrogens with two attached hydrogens (primary N) is 1. The first-order valence-corrected chi connectivity index (χ1v) is 7.92. The molecular formula is C17H20N6O. The van der Waals surface area contributed by atoms with Gasteiger partial charge in [-0.05, 0) is 25.8 Å². The molecule has 7 heteroatoms. The maximum Gasteiger partial charge on any atom is 0.235 e. The van der Waals surface area contributed by atoms with Crippen molar-refractivity contribution in [3.05, 3.63) is 34.9 Å². The molecule has 0 radical (unpaired) electrons. The fraction of sp³-hybridized carbons (Fsp3) is 0.353. The molecule has 0 amide bonds. The van der Waals surface area contributed by atoms with Gasteiger partial charge in [0, 0.05) is 13.1 Å². The molecule has 0 spiro atoms. The summed E-state index contributed by atoms with van der Waals surface area (Å²) >= 11 is 0. The van der Waals surface area contributed by atoms with Gasteiger partial charge in [-0.2, -0.15) is 10.2 Å². The van der Waals surface area contributed by atoms with E-state index in [0.29, 0.717) is 24.7 Å². The first kappa shape index (κ1) is 15.9. The normalized spacial score (nSPS) is 12.5. The number of imidazole rings is 1. The zero-order chi connectivity index (χ0) is 17.1. The Morgan fingerprint density at radius 2 is 2.29 bits per heavy atom. The predicted molar refractivity (Wildman–Crippen MR) is 92.4 cm³/mol. The molecule has 3 N–H and O–H groups in total. The largest absolute Gasteiger partial charge is 0.477 e. The van der Waals surface area contributed by atoms with Crippen molar-refractivity contribution in [2.24, 2.45) is 7.05 Å². The minimum absolute atomic E-state index is 0.254. The topological polar surface area (TPSA) is 102 Å². The van der Waals surface area contributed by atoms with Crippen LogP contribution >= 0.6 is 0 Å². The van der Waals surface area contributed by atoms with E-state index >= 15 is 0 Å². The Morgan fingerprint density at radius 3 is 3.00 bits per heavy atom. The van der Waals surface area contributed by atoms with Gasteiger partial charge in [-0.1, -0.05) is 6.08 Å². The van der Waals surface area contributed by atoms with Crippen LogP contribution in [0.2, 0.25) is 0 Å². The Kier molecular flexibility index (Phi) is 4.38. The summed E-state index contributed by atoms with van der Waals surface area (Å²) < 4.78 is 7.49. The third-order valence-corrected chi connectivity index (χ3v) is 3.97. The average molecular weight is 324 g/mol. The second-order valence-electron chi connectivity index (χ2n) is 5.54. The Bertz CT molecular complexity index is 831. The number of pyridine rings is 1. The minimum Gasteiger partial charge on any atom is -0.477 e. The number of aryl methyl sites for hydroxylation is 1. The fourth-order valence-corrected chi connectivity index (χ4v) is 2.74. The van der Waals surface area contributed by atoms with Crippen molar-refractivity contribution in [1.29, 1.82) is 5.26 Å². The van der Waals surface area contributed by atoms with Crippen LogP contribution in [0.1, 0.15) is 36.1 Å². The van der Waals surface area contributed by atoms with Crippen LogP contribution in [0.3, 0.4) is 0 Å². The Labute approximate surface area is 140 Å². The van der Waals surface area contributed by atoms with E-state index in [4.69, 9.17) is 15.7 Å². The Hall–Kier alpha value is -3.01. The number of rotatable bonds is 5. The molecule has 24 heavy (non-hydrogen) atoms. The van der Waals surface area contributed by atoms with Gasteiger partial charge < -0.3 is 20.4 Å². The molecule has 0 unspecified atom stereocenters. The van der Waals surface area contributed by atoms with Crippen LogP contribution in [0.5, 0.6) is 5.88 Å². The van der Waals surface area contributed by atoms with Crippen molar-refractivity contribution in [2.75, 3.05) is 17.7 Å². The highest BCUT2D eigenvalue weighted by atomic mass is 16.5. The van der Waals surface area contributed by atoms with E-state index in [2.05, 4.69) is 32.0 Å². The summed E-state index contributed by atoms with van der Waals surface area (Å²) in [4.78, 5) is 9.02. The molecule has 2 aromatic rings. The molecule has 0 saturated carbocycles. The number of nitriles is 1. The van der Waals surface area contributed by atoms with Gasteiger partial charge >= 0.3 is 0 Å². The highest BCUT2D eigenvalue weighted by Gasteiger charge is 2.16. The molecule has 1 aliphatic rings. The lowest BCUT2D eigenvalue weighted by molar-refractivity contribution is 0.326. The summed E-state index contributed by atoms with van der Waals surface area (Å²) in [5.74, 6) is 1.74. The SMILES string of the molecule is CCOc1nc(NCc2nc3c(n2C)C=CCC3)cc(N)c1C#N. The lowest BCUT2D eigenvalue weighted by atomic mass is 10.1. The smallest absolute Gasteiger partial charge is 0.235 e. The fourth-order valence-electron chi connectivity index (χ4n) is 2.74. The van der Waals surface area contributed by atoms with Gasteiger partial charge in [0.2, 0.25) is 5.88 Å². The number of anilines is 2. The molecule has 0 saturated heterocycles. The van der Waals surface area contributed by atoms with Crippen molar-refractivity contribution in [1.82, 2.24) is 14.5 Å². The van der Waals surface area contributed by atoms with Crippen LogP contribution in [0.15, 0.2) is 12.1 Å². The van der Waals surface area contributed by atoms with Crippen LogP contribution in [0.4, 0.5) is 11.5 Å². The zero-order valence-corrected chi connectivity index (χ0v) is 13.8. The Balaban J connectivity index is 1.81. The number of nitrogens with zero attached hydrogens (tertiary/aromatic N) is 4. The molecule has 1 aliphatic carbocycles. The maximum atomic E-state index is 9.16. The lowest BCUT2D eigenvalue weighted by Gasteiger charge is -2.11. The van der Waals surface area contributed by atoms with E-state index in [9.17, 15) is 0 Å². The average Bonchev–Trinajstić information content (AvgIpc) is 2.90. The number of allylic oxidation sites excluding steroid dienone is 1. The van der Waals surface area contributed by atoms with Crippen LogP contribution in [-0.2, 0) is 20.0 Å². The summed E-state index contributed by atoms with van der Waals surface area (Å²) in [7, 11) is 2.00. The maximum absolute atomic E-state index is 9.16. The molecule has 124 valence electrons. The van der Waals surface area contributed by atoms with E-state index in [1.807, 2.05) is 20.0 Å². The Morgan fingerprint density at radius 1 is 1.46 bits per heavy atom. The molecule has 2 aromatic heterocycles. The van der Waals surface area contributed by atoms with Crippen molar-refractivity contribution >= 4 is 17.6 Å². The van der Waals surface area contributed by atoms with E-state index in [1.165, 1.54) is 0 Å². The predicted octanol–water partition coefficient (Wildman–Crippen LogP) is 2.24. The molecule has 0 bridgehead atoms. The number of nitrogen functional groups attached to an aromatic ring is 1. The summed E-state index contributed by atoms with van der Waals surface area (Å²) in [6.07, 6.45) is 6.28. The zero-order valence-electron chi connectivity index (χ0n) is 13.8. The number of hydrogen-bond donors (Lipinski definition) is 2. The van der Waals surface area contributed by atoms with Gasteiger partial charge in [-0.3, -0.25) is 0 Å². The minimum atomic E-state index is 0.254. The van der Waals surface area contributed by atoms with Gasteiger partial charge in [0.25, 0.3) is 0 Å². The van der Waals surface area contributed by atoms with Gasteiger partial charge in [-0.25, -0.2) is 4.98 Å². The number of nitrogens with one attached hydrogen (secondary N) is 1. The highest BCUT2D eigenvalue weighted by Crippen LogP contribution is 2.25. The van der Waals surface area contributed by atoms with Crippen LogP contribution in [0.25, 0.3) is 6.08 Å². The van der Waals surface area contributed by atoms with Crippen LogP contribution in [0, 0.1) is 11.3 Å². The molecule has 0 aromatic carbocycles. The lowest BCUT2D eigenvalue weighted by Crippen LogP contribution is -2.10. The summed E-state index contributed by atoms with van der Waals surface area (Å²) in [6, 6.07) is 3.67. The third-order valence-electron chi connectivity index (χ3n) is 3.97. The number of aromatic nitrogens is 3. The third kappa shape index (κ3) is 2.91. The molecule has 7 nitrogen and oxygen atoms in total. The van der Waals surface area contributed by atoms with Crippen molar-refractivity contribution in [2.45, 2.75) is 26.3 Å². The van der Waals surface area contributed by atoms with Crippen LogP contribution in [-0.4, -0.2) is 21.1 Å². The highest BCUT2D eigenvalue weighted by molar-refractivity contribution is 5.64. The van der Waals surface area contributed by atoms with E-state index < -0.39 is 0 Å². The van der Waals surface area contributed by atoms with Gasteiger partial charge in [-0.15, -0.1) is 0 Å². The quantitative estimate of drug-likeness (QED) is 0.874. The van der Waals surface area contributed by atoms with Crippen molar-refractivity contribution < 1.29 is 4.74 Å². The molecular weight excluding hydrogens is 304 g/mol. The first-order chi connectivity index (χ1) is 11.6. The molecule has 0 fully saturated rings. The summed E-state index contributed by atoms with van der Waals surface area (Å²) in [5.41, 5.74) is 8.82. The van der Waals surface area contributed by atoms with E-state index in [1.54, 1.807) is 6.07 Å². The number of ether oxygens (including phenoxy) is 1. The molecule has 0 aliphatic heterocycles. The first-order valence-electron chi connectivity index (χ1n) is 7.92. The van der Waals surface area contributed by atoms with E-state index in [-0.39, 0.29) is 11.4 Å². The molecule has 0 atom stereocenters. The van der Waals surface area contributed by atoms with E-state index in [0.717, 1.165) is 30.1 Å². The van der Waals surface area contributed by atoms with Gasteiger partial charge in [0.1, 0.15) is 23.3 Å². The monoisotopic (exact) mass is 324 g/mol.